The van der Waals surface area contributed by atoms with Crippen LogP contribution in [0.2, 0.25) is 5.02 Å². The second-order valence-electron chi connectivity index (χ2n) is 7.19. The van der Waals surface area contributed by atoms with Crippen LogP contribution in [-0.2, 0) is 16.1 Å². The Labute approximate surface area is 187 Å². The Bertz CT molecular complexity index is 1080. The largest absolute Gasteiger partial charge is 0.479 e. The molecule has 3 aromatic rings. The van der Waals surface area contributed by atoms with Crippen LogP contribution in [-0.4, -0.2) is 18.0 Å². The van der Waals surface area contributed by atoms with Gasteiger partial charge in [-0.25, -0.2) is 4.79 Å². The zero-order valence-corrected chi connectivity index (χ0v) is 18.4. The van der Waals surface area contributed by atoms with Gasteiger partial charge >= 0.3 is 5.97 Å². The first-order valence-corrected chi connectivity index (χ1v) is 10.3. The molecule has 3 rings (SSSR count). The fourth-order valence-electron chi connectivity index (χ4n) is 2.90. The van der Waals surface area contributed by atoms with Crippen LogP contribution in [0.4, 0.5) is 5.69 Å². The van der Waals surface area contributed by atoms with Crippen LogP contribution in [0.1, 0.15) is 34.0 Å². The SMILES string of the molecule is Cc1cccc(NC(=O)c2ccc(OC(C)C(=O)OCc3ccccc3Cl)cc2)c1C. The van der Waals surface area contributed by atoms with Gasteiger partial charge in [0.1, 0.15) is 12.4 Å². The van der Waals surface area contributed by atoms with E-state index in [1.165, 1.54) is 0 Å². The molecular weight excluding hydrogens is 414 g/mol. The Kier molecular flexibility index (Phi) is 7.32. The van der Waals surface area contributed by atoms with Crippen LogP contribution in [0.25, 0.3) is 0 Å². The fraction of sp³-hybridized carbons (Fsp3) is 0.200. The number of nitrogens with one attached hydrogen (secondary N) is 1. The summed E-state index contributed by atoms with van der Waals surface area (Å²) in [5, 5.41) is 3.46. The number of carbonyl (C=O) groups is 2. The number of halogens is 1. The summed E-state index contributed by atoms with van der Waals surface area (Å²) in [4.78, 5) is 24.7. The van der Waals surface area contributed by atoms with Gasteiger partial charge in [-0.15, -0.1) is 0 Å². The predicted molar refractivity (Wildman–Crippen MR) is 122 cm³/mol. The highest BCUT2D eigenvalue weighted by Crippen LogP contribution is 2.21. The fourth-order valence-corrected chi connectivity index (χ4v) is 3.09. The smallest absolute Gasteiger partial charge is 0.347 e. The molecule has 1 atom stereocenters. The second kappa shape index (κ2) is 10.1. The monoisotopic (exact) mass is 437 g/mol. The van der Waals surface area contributed by atoms with Gasteiger partial charge in [0, 0.05) is 21.8 Å². The lowest BCUT2D eigenvalue weighted by Gasteiger charge is -2.15. The molecule has 0 bridgehead atoms. The first-order chi connectivity index (χ1) is 14.8. The van der Waals surface area contributed by atoms with E-state index >= 15 is 0 Å². The molecular formula is C25H24ClNO4. The number of anilines is 1. The molecule has 0 heterocycles. The van der Waals surface area contributed by atoms with E-state index in [0.29, 0.717) is 16.3 Å². The molecule has 1 N–H and O–H groups in total. The van der Waals surface area contributed by atoms with Gasteiger partial charge < -0.3 is 14.8 Å². The molecule has 0 spiro atoms. The Balaban J connectivity index is 1.55. The summed E-state index contributed by atoms with van der Waals surface area (Å²) in [6.07, 6.45) is -0.808. The van der Waals surface area contributed by atoms with Gasteiger partial charge in [0.2, 0.25) is 0 Å². The number of aryl methyl sites for hydroxylation is 1. The van der Waals surface area contributed by atoms with Crippen molar-refractivity contribution in [2.75, 3.05) is 5.32 Å². The third-order valence-corrected chi connectivity index (χ3v) is 5.31. The minimum absolute atomic E-state index is 0.0731. The predicted octanol–water partition coefficient (Wildman–Crippen LogP) is 5.72. The van der Waals surface area contributed by atoms with Crippen molar-refractivity contribution in [1.29, 1.82) is 0 Å². The molecule has 0 radical (unpaired) electrons. The molecule has 0 aliphatic heterocycles. The number of ether oxygens (including phenoxy) is 2. The van der Waals surface area contributed by atoms with Gasteiger partial charge in [0.15, 0.2) is 6.10 Å². The highest BCUT2D eigenvalue weighted by molar-refractivity contribution is 6.31. The van der Waals surface area contributed by atoms with Crippen LogP contribution in [0.5, 0.6) is 5.75 Å². The molecule has 0 aliphatic rings. The third-order valence-electron chi connectivity index (χ3n) is 4.94. The lowest BCUT2D eigenvalue weighted by molar-refractivity contribution is -0.152. The first-order valence-electron chi connectivity index (χ1n) is 9.89. The molecule has 0 saturated carbocycles. The summed E-state index contributed by atoms with van der Waals surface area (Å²) in [6, 6.07) is 19.5. The van der Waals surface area contributed by atoms with E-state index in [1.807, 2.05) is 44.2 Å². The zero-order chi connectivity index (χ0) is 22.4. The van der Waals surface area contributed by atoms with Crippen molar-refractivity contribution in [2.45, 2.75) is 33.5 Å². The average Bonchev–Trinajstić information content (AvgIpc) is 2.76. The van der Waals surface area contributed by atoms with Crippen molar-refractivity contribution in [3.05, 3.63) is 94.0 Å². The average molecular weight is 438 g/mol. The molecule has 160 valence electrons. The van der Waals surface area contributed by atoms with E-state index in [0.717, 1.165) is 22.4 Å². The van der Waals surface area contributed by atoms with Crippen molar-refractivity contribution in [3.63, 3.8) is 0 Å². The third kappa shape index (κ3) is 5.86. The van der Waals surface area contributed by atoms with Crippen LogP contribution < -0.4 is 10.1 Å². The van der Waals surface area contributed by atoms with E-state index < -0.39 is 12.1 Å². The van der Waals surface area contributed by atoms with Crippen molar-refractivity contribution in [2.24, 2.45) is 0 Å². The Morgan fingerprint density at radius 1 is 0.968 bits per heavy atom. The number of amides is 1. The van der Waals surface area contributed by atoms with Crippen molar-refractivity contribution >= 4 is 29.2 Å². The van der Waals surface area contributed by atoms with Crippen LogP contribution in [0.3, 0.4) is 0 Å². The molecule has 1 unspecified atom stereocenters. The summed E-state index contributed by atoms with van der Waals surface area (Å²) in [5.74, 6) is -0.255. The summed E-state index contributed by atoms with van der Waals surface area (Å²) in [5.41, 5.74) is 4.13. The standard InChI is InChI=1S/C25H24ClNO4/c1-16-7-6-10-23(17(16)2)27-24(28)19-11-13-21(14-12-19)31-18(3)25(29)30-15-20-8-4-5-9-22(20)26/h4-14,18H,15H2,1-3H3,(H,27,28). The van der Waals surface area contributed by atoms with Crippen LogP contribution in [0.15, 0.2) is 66.7 Å². The van der Waals surface area contributed by atoms with Gasteiger partial charge in [-0.1, -0.05) is 41.9 Å². The molecule has 5 nitrogen and oxygen atoms in total. The first kappa shape index (κ1) is 22.4. The maximum absolute atomic E-state index is 12.5. The van der Waals surface area contributed by atoms with Gasteiger partial charge in [-0.05, 0) is 68.3 Å². The summed E-state index contributed by atoms with van der Waals surface area (Å²) >= 11 is 6.07. The Hall–Kier alpha value is -3.31. The quantitative estimate of drug-likeness (QED) is 0.480. The van der Waals surface area contributed by atoms with E-state index in [1.54, 1.807) is 43.3 Å². The topological polar surface area (TPSA) is 64.6 Å². The molecule has 0 saturated heterocycles. The maximum Gasteiger partial charge on any atom is 0.347 e. The Morgan fingerprint density at radius 2 is 1.68 bits per heavy atom. The number of hydrogen-bond donors (Lipinski definition) is 1. The minimum atomic E-state index is -0.808. The number of carbonyl (C=O) groups excluding carboxylic acids is 2. The molecule has 3 aromatic carbocycles. The lowest BCUT2D eigenvalue weighted by atomic mass is 10.1. The molecule has 1 amide bonds. The van der Waals surface area contributed by atoms with Gasteiger partial charge in [-0.3, -0.25) is 4.79 Å². The van der Waals surface area contributed by atoms with Crippen LogP contribution >= 0.6 is 11.6 Å². The van der Waals surface area contributed by atoms with Crippen molar-refractivity contribution in [1.82, 2.24) is 0 Å². The summed E-state index contributed by atoms with van der Waals surface area (Å²) in [7, 11) is 0. The van der Waals surface area contributed by atoms with Crippen molar-refractivity contribution < 1.29 is 19.1 Å². The highest BCUT2D eigenvalue weighted by atomic mass is 35.5. The van der Waals surface area contributed by atoms with Crippen molar-refractivity contribution in [3.8, 4) is 5.75 Å². The zero-order valence-electron chi connectivity index (χ0n) is 17.6. The van der Waals surface area contributed by atoms with Gasteiger partial charge in [0.05, 0.1) is 0 Å². The molecule has 0 aromatic heterocycles. The normalized spacial score (nSPS) is 11.5. The van der Waals surface area contributed by atoms with E-state index in [-0.39, 0.29) is 12.5 Å². The minimum Gasteiger partial charge on any atom is -0.479 e. The number of esters is 1. The molecule has 6 heteroatoms. The Morgan fingerprint density at radius 3 is 2.39 bits per heavy atom. The number of rotatable bonds is 7. The maximum atomic E-state index is 12.5. The molecule has 0 fully saturated rings. The van der Waals surface area contributed by atoms with E-state index in [4.69, 9.17) is 21.1 Å². The van der Waals surface area contributed by atoms with Crippen LogP contribution in [0, 0.1) is 13.8 Å². The number of hydrogen-bond acceptors (Lipinski definition) is 4. The van der Waals surface area contributed by atoms with E-state index in [2.05, 4.69) is 5.32 Å². The van der Waals surface area contributed by atoms with Gasteiger partial charge in [-0.2, -0.15) is 0 Å². The van der Waals surface area contributed by atoms with Gasteiger partial charge in [0.25, 0.3) is 5.91 Å². The lowest BCUT2D eigenvalue weighted by Crippen LogP contribution is -2.26. The summed E-state index contributed by atoms with van der Waals surface area (Å²) in [6.45, 7) is 5.64. The second-order valence-corrected chi connectivity index (χ2v) is 7.59. The summed E-state index contributed by atoms with van der Waals surface area (Å²) < 4.78 is 10.9. The molecule has 31 heavy (non-hydrogen) atoms. The number of benzene rings is 3. The van der Waals surface area contributed by atoms with E-state index in [9.17, 15) is 9.59 Å². The highest BCUT2D eigenvalue weighted by Gasteiger charge is 2.17. The molecule has 0 aliphatic carbocycles.